The van der Waals surface area contributed by atoms with Crippen LogP contribution in [0.3, 0.4) is 0 Å². The largest absolute Gasteiger partial charge is 0.197 e. The second kappa shape index (κ2) is 4.69. The third-order valence-electron chi connectivity index (χ3n) is 3.28. The van der Waals surface area contributed by atoms with Gasteiger partial charge in [-0.25, -0.2) is 0 Å². The van der Waals surface area contributed by atoms with Gasteiger partial charge in [-0.05, 0) is 43.0 Å². The molecule has 1 aromatic rings. The molecule has 1 fully saturated rings. The number of hydrogen-bond donors (Lipinski definition) is 0. The van der Waals surface area contributed by atoms with E-state index >= 15 is 0 Å². The van der Waals surface area contributed by atoms with E-state index in [1.165, 1.54) is 0 Å². The molecule has 3 heteroatoms. The highest BCUT2D eigenvalue weighted by Gasteiger charge is 2.41. The van der Waals surface area contributed by atoms with Crippen molar-refractivity contribution >= 4 is 23.4 Å². The van der Waals surface area contributed by atoms with Gasteiger partial charge < -0.3 is 0 Å². The van der Waals surface area contributed by atoms with Crippen LogP contribution in [0.2, 0.25) is 5.02 Å². The lowest BCUT2D eigenvalue weighted by Gasteiger charge is -2.25. The van der Waals surface area contributed by atoms with Gasteiger partial charge in [0.15, 0.2) is 0 Å². The molecular formula is C13H14ClNS. The van der Waals surface area contributed by atoms with Gasteiger partial charge in [-0.1, -0.05) is 24.9 Å². The summed E-state index contributed by atoms with van der Waals surface area (Å²) in [6.07, 6.45) is 3.32. The first-order chi connectivity index (χ1) is 7.66. The highest BCUT2D eigenvalue weighted by Crippen LogP contribution is 2.48. The predicted octanol–water partition coefficient (Wildman–Crippen LogP) is 4.51. The van der Waals surface area contributed by atoms with Gasteiger partial charge in [-0.3, -0.25) is 0 Å². The van der Waals surface area contributed by atoms with Gasteiger partial charge in [-0.2, -0.15) is 5.26 Å². The Morgan fingerprint density at radius 1 is 1.44 bits per heavy atom. The molecule has 1 aromatic carbocycles. The molecule has 2 atom stereocenters. The van der Waals surface area contributed by atoms with E-state index in [-0.39, 0.29) is 4.75 Å². The second-order valence-corrected chi connectivity index (χ2v) is 6.19. The van der Waals surface area contributed by atoms with E-state index < -0.39 is 0 Å². The van der Waals surface area contributed by atoms with Crippen molar-refractivity contribution in [3.05, 3.63) is 29.3 Å². The summed E-state index contributed by atoms with van der Waals surface area (Å²) in [5.41, 5.74) is 0. The Morgan fingerprint density at radius 3 is 2.62 bits per heavy atom. The van der Waals surface area contributed by atoms with Crippen LogP contribution in [-0.2, 0) is 0 Å². The van der Waals surface area contributed by atoms with Crippen molar-refractivity contribution < 1.29 is 0 Å². The molecule has 0 heterocycles. The molecule has 0 radical (unpaired) electrons. The molecule has 1 saturated carbocycles. The van der Waals surface area contributed by atoms with E-state index in [9.17, 15) is 5.26 Å². The van der Waals surface area contributed by atoms with Crippen LogP contribution in [0.1, 0.15) is 26.2 Å². The zero-order valence-electron chi connectivity index (χ0n) is 9.24. The fourth-order valence-corrected chi connectivity index (χ4v) is 3.63. The Bertz CT molecular complexity index is 409. The first-order valence-corrected chi connectivity index (χ1v) is 6.71. The van der Waals surface area contributed by atoms with Crippen molar-refractivity contribution in [1.82, 2.24) is 0 Å². The Kier molecular flexibility index (Phi) is 3.47. The van der Waals surface area contributed by atoms with E-state index in [0.717, 1.165) is 29.2 Å². The number of benzene rings is 1. The van der Waals surface area contributed by atoms with Crippen LogP contribution in [0.15, 0.2) is 29.2 Å². The molecule has 0 spiro atoms. The number of nitrogens with zero attached hydrogens (tertiary/aromatic N) is 1. The maximum atomic E-state index is 9.41. The van der Waals surface area contributed by atoms with Crippen molar-refractivity contribution in [3.63, 3.8) is 0 Å². The smallest absolute Gasteiger partial charge is 0.110 e. The van der Waals surface area contributed by atoms with Crippen LogP contribution in [0, 0.1) is 17.2 Å². The summed E-state index contributed by atoms with van der Waals surface area (Å²) in [4.78, 5) is 1.14. The molecule has 0 N–H and O–H groups in total. The summed E-state index contributed by atoms with van der Waals surface area (Å²) in [7, 11) is 0. The summed E-state index contributed by atoms with van der Waals surface area (Å²) >= 11 is 7.55. The summed E-state index contributed by atoms with van der Waals surface area (Å²) in [6.45, 7) is 2.18. The molecule has 84 valence electrons. The average Bonchev–Trinajstić information content (AvgIpc) is 2.64. The Balaban J connectivity index is 2.19. The molecule has 1 aliphatic rings. The molecule has 0 amide bonds. The quantitative estimate of drug-likeness (QED) is 0.772. The molecule has 2 unspecified atom stereocenters. The molecule has 1 nitrogen and oxygen atoms in total. The second-order valence-electron chi connectivity index (χ2n) is 4.35. The number of rotatable bonds is 2. The highest BCUT2D eigenvalue weighted by atomic mass is 35.5. The molecule has 0 aliphatic heterocycles. The summed E-state index contributed by atoms with van der Waals surface area (Å²) in [5, 5.41) is 10.2. The zero-order chi connectivity index (χ0) is 11.6. The standard InChI is InChI=1S/C13H14ClNS/c1-10-3-2-8-13(10,9-15)16-12-6-4-11(14)5-7-12/h4-7,10H,2-3,8H2,1H3. The van der Waals surface area contributed by atoms with Gasteiger partial charge in [0, 0.05) is 9.92 Å². The van der Waals surface area contributed by atoms with Crippen LogP contribution in [0.5, 0.6) is 0 Å². The normalized spacial score (nSPS) is 28.9. The fourth-order valence-electron chi connectivity index (χ4n) is 2.20. The monoisotopic (exact) mass is 251 g/mol. The maximum Gasteiger partial charge on any atom is 0.110 e. The third-order valence-corrected chi connectivity index (χ3v) is 5.11. The molecule has 0 bridgehead atoms. The van der Waals surface area contributed by atoms with Gasteiger partial charge >= 0.3 is 0 Å². The summed E-state index contributed by atoms with van der Waals surface area (Å²) in [5.74, 6) is 0.471. The van der Waals surface area contributed by atoms with Crippen molar-refractivity contribution in [2.24, 2.45) is 5.92 Å². The minimum Gasteiger partial charge on any atom is -0.197 e. The van der Waals surface area contributed by atoms with E-state index in [1.807, 2.05) is 24.3 Å². The zero-order valence-corrected chi connectivity index (χ0v) is 10.8. The first-order valence-electron chi connectivity index (χ1n) is 5.52. The number of hydrogen-bond acceptors (Lipinski definition) is 2. The van der Waals surface area contributed by atoms with E-state index in [1.54, 1.807) is 11.8 Å². The van der Waals surface area contributed by atoms with Gasteiger partial charge in [0.2, 0.25) is 0 Å². The minimum atomic E-state index is -0.228. The molecule has 0 aromatic heterocycles. The van der Waals surface area contributed by atoms with Crippen molar-refractivity contribution in [2.75, 3.05) is 0 Å². The Morgan fingerprint density at radius 2 is 2.12 bits per heavy atom. The van der Waals surface area contributed by atoms with Crippen LogP contribution < -0.4 is 0 Å². The topological polar surface area (TPSA) is 23.8 Å². The SMILES string of the molecule is CC1CCCC1(C#N)Sc1ccc(Cl)cc1. The third kappa shape index (κ3) is 2.21. The van der Waals surface area contributed by atoms with E-state index in [4.69, 9.17) is 11.6 Å². The molecule has 0 saturated heterocycles. The van der Waals surface area contributed by atoms with Crippen molar-refractivity contribution in [3.8, 4) is 6.07 Å². The number of halogens is 1. The summed E-state index contributed by atoms with van der Waals surface area (Å²) in [6, 6.07) is 10.3. The lowest BCUT2D eigenvalue weighted by molar-refractivity contribution is 0.554. The first kappa shape index (κ1) is 11.8. The number of thioether (sulfide) groups is 1. The summed E-state index contributed by atoms with van der Waals surface area (Å²) < 4.78 is -0.228. The minimum absolute atomic E-state index is 0.228. The van der Waals surface area contributed by atoms with Gasteiger partial charge in [0.25, 0.3) is 0 Å². The molecular weight excluding hydrogens is 238 g/mol. The number of nitriles is 1. The van der Waals surface area contributed by atoms with Gasteiger partial charge in [0.05, 0.1) is 6.07 Å². The van der Waals surface area contributed by atoms with Gasteiger partial charge in [0.1, 0.15) is 4.75 Å². The van der Waals surface area contributed by atoms with E-state index in [2.05, 4.69) is 13.0 Å². The van der Waals surface area contributed by atoms with Crippen molar-refractivity contribution in [2.45, 2.75) is 35.8 Å². The Hall–Kier alpha value is -0.650. The fraction of sp³-hybridized carbons (Fsp3) is 0.462. The maximum absolute atomic E-state index is 9.41. The average molecular weight is 252 g/mol. The molecule has 16 heavy (non-hydrogen) atoms. The van der Waals surface area contributed by atoms with Crippen LogP contribution in [-0.4, -0.2) is 4.75 Å². The molecule has 1 aliphatic carbocycles. The Labute approximate surface area is 106 Å². The van der Waals surface area contributed by atoms with E-state index in [0.29, 0.717) is 5.92 Å². The highest BCUT2D eigenvalue weighted by molar-refractivity contribution is 8.01. The molecule has 2 rings (SSSR count). The lowest BCUT2D eigenvalue weighted by atomic mass is 9.99. The van der Waals surface area contributed by atoms with Crippen LogP contribution in [0.25, 0.3) is 0 Å². The van der Waals surface area contributed by atoms with Gasteiger partial charge in [-0.15, -0.1) is 11.8 Å². The lowest BCUT2D eigenvalue weighted by Crippen LogP contribution is -2.25. The predicted molar refractivity (Wildman–Crippen MR) is 68.7 cm³/mol. The van der Waals surface area contributed by atoms with Crippen molar-refractivity contribution in [1.29, 1.82) is 5.26 Å². The van der Waals surface area contributed by atoms with Crippen LogP contribution in [0.4, 0.5) is 0 Å². The van der Waals surface area contributed by atoms with Crippen LogP contribution >= 0.6 is 23.4 Å².